The molecule has 0 radical (unpaired) electrons. The highest BCUT2D eigenvalue weighted by molar-refractivity contribution is 7.09. The Balaban J connectivity index is 2.04. The number of hydrogen-bond acceptors (Lipinski definition) is 4. The first-order valence-electron chi connectivity index (χ1n) is 4.89. The molecule has 0 aliphatic carbocycles. The lowest BCUT2D eigenvalue weighted by Crippen LogP contribution is -2.02. The predicted octanol–water partition coefficient (Wildman–Crippen LogP) is 1.20. The molecule has 80 valence electrons. The molecule has 2 aromatic heterocycles. The molecule has 0 saturated carbocycles. The molecule has 0 bridgehead atoms. The SMILES string of the molecule is Cc1nc(Cn2cnc(CCN)c2)cs1. The van der Waals surface area contributed by atoms with E-state index in [9.17, 15) is 0 Å². The van der Waals surface area contributed by atoms with Crippen LogP contribution in [-0.4, -0.2) is 21.1 Å². The molecule has 15 heavy (non-hydrogen) atoms. The first kappa shape index (κ1) is 10.3. The average molecular weight is 222 g/mol. The van der Waals surface area contributed by atoms with E-state index >= 15 is 0 Å². The Kier molecular flexibility index (Phi) is 3.13. The van der Waals surface area contributed by atoms with E-state index in [1.807, 2.05) is 24.0 Å². The summed E-state index contributed by atoms with van der Waals surface area (Å²) in [5.41, 5.74) is 7.60. The highest BCUT2D eigenvalue weighted by Gasteiger charge is 2.01. The average Bonchev–Trinajstić information content (AvgIpc) is 2.78. The van der Waals surface area contributed by atoms with Crippen LogP contribution in [0.1, 0.15) is 16.4 Å². The molecule has 0 aromatic carbocycles. The van der Waals surface area contributed by atoms with Gasteiger partial charge in [0.25, 0.3) is 0 Å². The van der Waals surface area contributed by atoms with E-state index in [1.54, 1.807) is 11.3 Å². The van der Waals surface area contributed by atoms with Crippen molar-refractivity contribution in [1.29, 1.82) is 0 Å². The molecule has 2 heterocycles. The third-order valence-electron chi connectivity index (χ3n) is 2.10. The lowest BCUT2D eigenvalue weighted by atomic mass is 10.3. The van der Waals surface area contributed by atoms with Crippen molar-refractivity contribution in [2.75, 3.05) is 6.54 Å². The monoisotopic (exact) mass is 222 g/mol. The van der Waals surface area contributed by atoms with Crippen LogP contribution < -0.4 is 5.73 Å². The predicted molar refractivity (Wildman–Crippen MR) is 60.9 cm³/mol. The molecule has 0 spiro atoms. The van der Waals surface area contributed by atoms with Gasteiger partial charge in [0, 0.05) is 18.0 Å². The zero-order chi connectivity index (χ0) is 10.7. The first-order chi connectivity index (χ1) is 7.28. The van der Waals surface area contributed by atoms with Crippen molar-refractivity contribution in [3.05, 3.63) is 34.3 Å². The zero-order valence-electron chi connectivity index (χ0n) is 8.68. The second kappa shape index (κ2) is 4.55. The topological polar surface area (TPSA) is 56.7 Å². The van der Waals surface area contributed by atoms with Gasteiger partial charge < -0.3 is 10.3 Å². The van der Waals surface area contributed by atoms with E-state index in [2.05, 4.69) is 15.3 Å². The lowest BCUT2D eigenvalue weighted by Gasteiger charge is -1.96. The Morgan fingerprint density at radius 2 is 2.33 bits per heavy atom. The lowest BCUT2D eigenvalue weighted by molar-refractivity contribution is 0.775. The van der Waals surface area contributed by atoms with Crippen LogP contribution in [-0.2, 0) is 13.0 Å². The minimum absolute atomic E-state index is 0.646. The summed E-state index contributed by atoms with van der Waals surface area (Å²) in [5.74, 6) is 0. The van der Waals surface area contributed by atoms with Gasteiger partial charge in [0.1, 0.15) is 0 Å². The minimum atomic E-state index is 0.646. The first-order valence-corrected chi connectivity index (χ1v) is 5.77. The highest BCUT2D eigenvalue weighted by Crippen LogP contribution is 2.09. The molecule has 4 nitrogen and oxygen atoms in total. The Morgan fingerprint density at radius 3 is 3.00 bits per heavy atom. The van der Waals surface area contributed by atoms with E-state index in [-0.39, 0.29) is 0 Å². The van der Waals surface area contributed by atoms with E-state index < -0.39 is 0 Å². The normalized spacial score (nSPS) is 10.8. The molecule has 2 aromatic rings. The summed E-state index contributed by atoms with van der Waals surface area (Å²) < 4.78 is 2.04. The summed E-state index contributed by atoms with van der Waals surface area (Å²) in [6, 6.07) is 0. The van der Waals surface area contributed by atoms with E-state index in [0.717, 1.165) is 29.4 Å². The molecule has 0 saturated heterocycles. The maximum absolute atomic E-state index is 5.47. The van der Waals surface area contributed by atoms with Crippen LogP contribution in [0.4, 0.5) is 0 Å². The number of nitrogens with two attached hydrogens (primary N) is 1. The molecular weight excluding hydrogens is 208 g/mol. The van der Waals surface area contributed by atoms with E-state index in [0.29, 0.717) is 6.54 Å². The summed E-state index contributed by atoms with van der Waals surface area (Å²) in [4.78, 5) is 8.67. The fourth-order valence-electron chi connectivity index (χ4n) is 1.44. The van der Waals surface area contributed by atoms with Crippen molar-refractivity contribution in [2.24, 2.45) is 5.73 Å². The largest absolute Gasteiger partial charge is 0.331 e. The van der Waals surface area contributed by atoms with Crippen LogP contribution in [0.5, 0.6) is 0 Å². The van der Waals surface area contributed by atoms with Gasteiger partial charge >= 0.3 is 0 Å². The molecule has 0 unspecified atom stereocenters. The van der Waals surface area contributed by atoms with Gasteiger partial charge in [-0.05, 0) is 13.5 Å². The van der Waals surface area contributed by atoms with Crippen LogP contribution in [0.3, 0.4) is 0 Å². The number of rotatable bonds is 4. The molecule has 0 fully saturated rings. The van der Waals surface area contributed by atoms with Crippen molar-refractivity contribution < 1.29 is 0 Å². The molecule has 0 aliphatic rings. The molecule has 5 heteroatoms. The number of nitrogens with zero attached hydrogens (tertiary/aromatic N) is 3. The summed E-state index contributed by atoms with van der Waals surface area (Å²) in [6.45, 7) is 3.46. The summed E-state index contributed by atoms with van der Waals surface area (Å²) in [7, 11) is 0. The minimum Gasteiger partial charge on any atom is -0.331 e. The fraction of sp³-hybridized carbons (Fsp3) is 0.400. The summed E-state index contributed by atoms with van der Waals surface area (Å²) in [6.07, 6.45) is 4.70. The van der Waals surface area contributed by atoms with Gasteiger partial charge in [0.15, 0.2) is 0 Å². The summed E-state index contributed by atoms with van der Waals surface area (Å²) in [5, 5.41) is 3.19. The van der Waals surface area contributed by atoms with Crippen molar-refractivity contribution in [1.82, 2.24) is 14.5 Å². The van der Waals surface area contributed by atoms with Gasteiger partial charge in [-0.3, -0.25) is 0 Å². The van der Waals surface area contributed by atoms with Gasteiger partial charge in [-0.2, -0.15) is 0 Å². The van der Waals surface area contributed by atoms with Gasteiger partial charge in [0.2, 0.25) is 0 Å². The van der Waals surface area contributed by atoms with Crippen LogP contribution in [0.2, 0.25) is 0 Å². The Morgan fingerprint density at radius 1 is 1.47 bits per heavy atom. The zero-order valence-corrected chi connectivity index (χ0v) is 9.50. The van der Waals surface area contributed by atoms with E-state index in [1.165, 1.54) is 0 Å². The Bertz CT molecular complexity index is 432. The quantitative estimate of drug-likeness (QED) is 0.845. The second-order valence-electron chi connectivity index (χ2n) is 3.43. The van der Waals surface area contributed by atoms with Crippen LogP contribution in [0.25, 0.3) is 0 Å². The number of aryl methyl sites for hydroxylation is 1. The number of hydrogen-bond donors (Lipinski definition) is 1. The Hall–Kier alpha value is -1.20. The smallest absolute Gasteiger partial charge is 0.0953 e. The maximum Gasteiger partial charge on any atom is 0.0953 e. The number of aromatic nitrogens is 3. The molecule has 0 atom stereocenters. The van der Waals surface area contributed by atoms with E-state index in [4.69, 9.17) is 5.73 Å². The molecular formula is C10H14N4S. The van der Waals surface area contributed by atoms with Gasteiger partial charge in [-0.25, -0.2) is 9.97 Å². The van der Waals surface area contributed by atoms with Gasteiger partial charge in [-0.15, -0.1) is 11.3 Å². The Labute approximate surface area is 92.8 Å². The molecule has 0 aliphatic heterocycles. The van der Waals surface area contributed by atoms with Crippen molar-refractivity contribution in [3.8, 4) is 0 Å². The molecule has 0 amide bonds. The van der Waals surface area contributed by atoms with Crippen LogP contribution in [0, 0.1) is 6.92 Å². The summed E-state index contributed by atoms with van der Waals surface area (Å²) >= 11 is 1.68. The highest BCUT2D eigenvalue weighted by atomic mass is 32.1. The number of thiazole rings is 1. The van der Waals surface area contributed by atoms with Gasteiger partial charge in [0.05, 0.1) is 29.3 Å². The maximum atomic E-state index is 5.47. The van der Waals surface area contributed by atoms with Gasteiger partial charge in [-0.1, -0.05) is 0 Å². The number of imidazole rings is 1. The third kappa shape index (κ3) is 2.64. The van der Waals surface area contributed by atoms with Crippen molar-refractivity contribution in [2.45, 2.75) is 19.9 Å². The van der Waals surface area contributed by atoms with Crippen molar-refractivity contribution >= 4 is 11.3 Å². The third-order valence-corrected chi connectivity index (χ3v) is 2.92. The van der Waals surface area contributed by atoms with Crippen molar-refractivity contribution in [3.63, 3.8) is 0 Å². The van der Waals surface area contributed by atoms with Crippen LogP contribution >= 0.6 is 11.3 Å². The van der Waals surface area contributed by atoms with Crippen LogP contribution in [0.15, 0.2) is 17.9 Å². The standard InChI is InChI=1S/C10H14N4S/c1-8-13-10(6-15-8)5-14-4-9(2-3-11)12-7-14/h4,6-7H,2-3,5,11H2,1H3. The fourth-order valence-corrected chi connectivity index (χ4v) is 2.04. The second-order valence-corrected chi connectivity index (χ2v) is 4.50. The molecule has 2 rings (SSSR count). The molecule has 2 N–H and O–H groups in total.